The summed E-state index contributed by atoms with van der Waals surface area (Å²) in [5, 5.41) is 6.12. The molecule has 3 rings (SSSR count). The third-order valence-electron chi connectivity index (χ3n) is 4.34. The Morgan fingerprint density at radius 1 is 1.08 bits per heavy atom. The first kappa shape index (κ1) is 16.2. The summed E-state index contributed by atoms with van der Waals surface area (Å²) in [5.41, 5.74) is 1.61. The van der Waals surface area contributed by atoms with Crippen LogP contribution in [0.2, 0.25) is 0 Å². The van der Waals surface area contributed by atoms with Gasteiger partial charge in [0.1, 0.15) is 0 Å². The Labute approximate surface area is 141 Å². The Morgan fingerprint density at radius 2 is 1.79 bits per heavy atom. The van der Waals surface area contributed by atoms with Crippen LogP contribution >= 0.6 is 0 Å². The van der Waals surface area contributed by atoms with Crippen LogP contribution in [0.5, 0.6) is 0 Å². The lowest BCUT2D eigenvalue weighted by Gasteiger charge is -2.25. The van der Waals surface area contributed by atoms with Crippen molar-refractivity contribution in [2.75, 3.05) is 25.5 Å². The van der Waals surface area contributed by atoms with Crippen molar-refractivity contribution in [3.63, 3.8) is 0 Å². The van der Waals surface area contributed by atoms with E-state index in [0.29, 0.717) is 16.8 Å². The van der Waals surface area contributed by atoms with Gasteiger partial charge in [0.05, 0.1) is 11.3 Å². The molecule has 1 fully saturated rings. The molecule has 1 saturated heterocycles. The smallest absolute Gasteiger partial charge is 0.256 e. The molecule has 5 heteroatoms. The van der Waals surface area contributed by atoms with Crippen molar-refractivity contribution in [1.29, 1.82) is 0 Å². The molecule has 2 aromatic carbocycles. The Kier molecular flexibility index (Phi) is 4.91. The van der Waals surface area contributed by atoms with E-state index in [-0.39, 0.29) is 17.9 Å². The molecule has 2 aromatic rings. The van der Waals surface area contributed by atoms with Gasteiger partial charge in [-0.2, -0.15) is 0 Å². The number of amides is 2. The quantitative estimate of drug-likeness (QED) is 0.908. The van der Waals surface area contributed by atoms with Gasteiger partial charge in [-0.15, -0.1) is 0 Å². The van der Waals surface area contributed by atoms with Gasteiger partial charge in [-0.05, 0) is 37.2 Å². The van der Waals surface area contributed by atoms with Crippen LogP contribution in [-0.4, -0.2) is 42.9 Å². The van der Waals surface area contributed by atoms with Gasteiger partial charge in [-0.25, -0.2) is 0 Å². The van der Waals surface area contributed by atoms with E-state index in [4.69, 9.17) is 0 Å². The van der Waals surface area contributed by atoms with Gasteiger partial charge >= 0.3 is 0 Å². The van der Waals surface area contributed by atoms with Crippen LogP contribution in [0.1, 0.15) is 27.1 Å². The Balaban J connectivity index is 1.80. The minimum Gasteiger partial charge on any atom is -0.337 e. The minimum atomic E-state index is -0.221. The zero-order valence-electron chi connectivity index (χ0n) is 13.7. The molecule has 0 radical (unpaired) electrons. The molecule has 0 bridgehead atoms. The largest absolute Gasteiger partial charge is 0.337 e. The SMILES string of the molecule is CN(C(=O)c1ccccc1NC(=O)c1ccccc1)C1CCNC1. The summed E-state index contributed by atoms with van der Waals surface area (Å²) in [6.07, 6.45) is 0.945. The topological polar surface area (TPSA) is 61.4 Å². The first-order chi connectivity index (χ1) is 11.7. The normalized spacial score (nSPS) is 16.6. The maximum absolute atomic E-state index is 12.8. The standard InChI is InChI=1S/C19H21N3O2/c1-22(15-11-12-20-13-15)19(24)16-9-5-6-10-17(16)21-18(23)14-7-3-2-4-8-14/h2-10,15,20H,11-13H2,1H3,(H,21,23). The molecular formula is C19H21N3O2. The van der Waals surface area contributed by atoms with Crippen molar-refractivity contribution in [3.8, 4) is 0 Å². The van der Waals surface area contributed by atoms with Crippen LogP contribution in [0.25, 0.3) is 0 Å². The maximum Gasteiger partial charge on any atom is 0.256 e. The summed E-state index contributed by atoms with van der Waals surface area (Å²) in [6.45, 7) is 1.73. The van der Waals surface area contributed by atoms with Crippen molar-refractivity contribution in [2.45, 2.75) is 12.5 Å². The average Bonchev–Trinajstić information content (AvgIpc) is 3.16. The van der Waals surface area contributed by atoms with Crippen molar-refractivity contribution >= 4 is 17.5 Å². The number of para-hydroxylation sites is 1. The predicted octanol–water partition coefficient (Wildman–Crippen LogP) is 2.37. The van der Waals surface area contributed by atoms with E-state index in [2.05, 4.69) is 10.6 Å². The number of likely N-dealkylation sites (N-methyl/N-ethyl adjacent to an activating group) is 1. The summed E-state index contributed by atoms with van der Waals surface area (Å²) in [7, 11) is 1.82. The molecule has 0 spiro atoms. The highest BCUT2D eigenvalue weighted by Gasteiger charge is 2.25. The van der Waals surface area contributed by atoms with Crippen molar-refractivity contribution < 1.29 is 9.59 Å². The summed E-state index contributed by atoms with van der Waals surface area (Å²) in [5.74, 6) is -0.298. The molecule has 1 aliphatic rings. The van der Waals surface area contributed by atoms with E-state index >= 15 is 0 Å². The summed E-state index contributed by atoms with van der Waals surface area (Å²) in [6, 6.07) is 16.3. The van der Waals surface area contributed by atoms with Gasteiger partial charge in [0.15, 0.2) is 0 Å². The van der Waals surface area contributed by atoms with Crippen LogP contribution in [-0.2, 0) is 0 Å². The van der Waals surface area contributed by atoms with E-state index < -0.39 is 0 Å². The molecule has 1 heterocycles. The second-order valence-corrected chi connectivity index (χ2v) is 5.93. The van der Waals surface area contributed by atoms with E-state index in [1.807, 2.05) is 37.4 Å². The van der Waals surface area contributed by atoms with E-state index in [1.54, 1.807) is 29.2 Å². The van der Waals surface area contributed by atoms with Crippen LogP contribution in [0.4, 0.5) is 5.69 Å². The lowest BCUT2D eigenvalue weighted by molar-refractivity contribution is 0.0745. The highest BCUT2D eigenvalue weighted by Crippen LogP contribution is 2.20. The molecule has 24 heavy (non-hydrogen) atoms. The molecule has 5 nitrogen and oxygen atoms in total. The number of carbonyl (C=O) groups is 2. The summed E-state index contributed by atoms with van der Waals surface area (Å²) >= 11 is 0. The monoisotopic (exact) mass is 323 g/mol. The second-order valence-electron chi connectivity index (χ2n) is 5.93. The van der Waals surface area contributed by atoms with Crippen LogP contribution in [0.15, 0.2) is 54.6 Å². The molecular weight excluding hydrogens is 302 g/mol. The van der Waals surface area contributed by atoms with E-state index in [0.717, 1.165) is 19.5 Å². The second kappa shape index (κ2) is 7.27. The highest BCUT2D eigenvalue weighted by molar-refractivity contribution is 6.09. The molecule has 1 atom stereocenters. The van der Waals surface area contributed by atoms with Gasteiger partial charge in [-0.1, -0.05) is 30.3 Å². The van der Waals surface area contributed by atoms with Crippen molar-refractivity contribution in [3.05, 3.63) is 65.7 Å². The Bertz CT molecular complexity index is 724. The fourth-order valence-corrected chi connectivity index (χ4v) is 2.89. The summed E-state index contributed by atoms with van der Waals surface area (Å²) < 4.78 is 0. The molecule has 124 valence electrons. The third-order valence-corrected chi connectivity index (χ3v) is 4.34. The summed E-state index contributed by atoms with van der Waals surface area (Å²) in [4.78, 5) is 26.9. The van der Waals surface area contributed by atoms with E-state index in [9.17, 15) is 9.59 Å². The average molecular weight is 323 g/mol. The minimum absolute atomic E-state index is 0.0762. The van der Waals surface area contributed by atoms with Gasteiger partial charge in [0.25, 0.3) is 11.8 Å². The van der Waals surface area contributed by atoms with Crippen LogP contribution in [0, 0.1) is 0 Å². The van der Waals surface area contributed by atoms with Gasteiger partial charge in [0, 0.05) is 25.2 Å². The first-order valence-corrected chi connectivity index (χ1v) is 8.10. The molecule has 1 unspecified atom stereocenters. The first-order valence-electron chi connectivity index (χ1n) is 8.10. The predicted molar refractivity (Wildman–Crippen MR) is 94.2 cm³/mol. The lowest BCUT2D eigenvalue weighted by atomic mass is 10.1. The lowest BCUT2D eigenvalue weighted by Crippen LogP contribution is -2.38. The maximum atomic E-state index is 12.8. The highest BCUT2D eigenvalue weighted by atomic mass is 16.2. The number of rotatable bonds is 4. The number of carbonyl (C=O) groups excluding carboxylic acids is 2. The fourth-order valence-electron chi connectivity index (χ4n) is 2.89. The van der Waals surface area contributed by atoms with Gasteiger partial charge < -0.3 is 15.5 Å². The van der Waals surface area contributed by atoms with Crippen LogP contribution in [0.3, 0.4) is 0 Å². The number of benzene rings is 2. The van der Waals surface area contributed by atoms with Gasteiger partial charge in [-0.3, -0.25) is 9.59 Å². The van der Waals surface area contributed by atoms with Crippen LogP contribution < -0.4 is 10.6 Å². The zero-order valence-corrected chi connectivity index (χ0v) is 13.7. The third kappa shape index (κ3) is 3.46. The molecule has 0 saturated carbocycles. The number of nitrogens with one attached hydrogen (secondary N) is 2. The number of anilines is 1. The fraction of sp³-hybridized carbons (Fsp3) is 0.263. The number of nitrogens with zero attached hydrogens (tertiary/aromatic N) is 1. The molecule has 2 N–H and O–H groups in total. The van der Waals surface area contributed by atoms with Crippen molar-refractivity contribution in [1.82, 2.24) is 10.2 Å². The molecule has 2 amide bonds. The van der Waals surface area contributed by atoms with E-state index in [1.165, 1.54) is 0 Å². The van der Waals surface area contributed by atoms with Gasteiger partial charge in [0.2, 0.25) is 0 Å². The molecule has 0 aliphatic carbocycles. The number of hydrogen-bond donors (Lipinski definition) is 2. The number of hydrogen-bond acceptors (Lipinski definition) is 3. The Hall–Kier alpha value is -2.66. The Morgan fingerprint density at radius 3 is 2.50 bits per heavy atom. The molecule has 1 aliphatic heterocycles. The molecule has 0 aromatic heterocycles. The van der Waals surface area contributed by atoms with Crippen molar-refractivity contribution in [2.24, 2.45) is 0 Å². The zero-order chi connectivity index (χ0) is 16.9.